The molecule has 0 unspecified atom stereocenters. The molecule has 4 heterocycles. The lowest BCUT2D eigenvalue weighted by Crippen LogP contribution is -2.02. The average Bonchev–Trinajstić information content (AvgIpc) is 3.09. The van der Waals surface area contributed by atoms with E-state index in [9.17, 15) is 0 Å². The van der Waals surface area contributed by atoms with Gasteiger partial charge in [-0.1, -0.05) is 24.3 Å². The summed E-state index contributed by atoms with van der Waals surface area (Å²) in [5, 5.41) is 13.2. The van der Waals surface area contributed by atoms with Crippen molar-refractivity contribution in [3.8, 4) is 11.3 Å². The number of allylic oxidation sites excluding steroid dienone is 5. The van der Waals surface area contributed by atoms with E-state index in [4.69, 9.17) is 0 Å². The molecule has 0 fully saturated rings. The van der Waals surface area contributed by atoms with Gasteiger partial charge in [0.05, 0.1) is 12.2 Å². The summed E-state index contributed by atoms with van der Waals surface area (Å²) in [5.41, 5.74) is 3.52. The Kier molecular flexibility index (Phi) is 4.68. The van der Waals surface area contributed by atoms with E-state index in [1.165, 1.54) is 6.33 Å². The van der Waals surface area contributed by atoms with E-state index >= 15 is 0 Å². The molecule has 0 radical (unpaired) electrons. The number of hydrogen-bond acceptors (Lipinski definition) is 6. The molecule has 7 nitrogen and oxygen atoms in total. The monoisotopic (exact) mass is 343 g/mol. The Hall–Kier alpha value is -3.48. The Morgan fingerprint density at radius 3 is 2.88 bits per heavy atom. The Morgan fingerprint density at radius 2 is 1.96 bits per heavy atom. The van der Waals surface area contributed by atoms with Gasteiger partial charge in [0.25, 0.3) is 0 Å². The second-order valence-corrected chi connectivity index (χ2v) is 5.77. The van der Waals surface area contributed by atoms with Gasteiger partial charge in [0.1, 0.15) is 6.33 Å². The van der Waals surface area contributed by atoms with Crippen LogP contribution in [0.2, 0.25) is 0 Å². The van der Waals surface area contributed by atoms with Gasteiger partial charge < -0.3 is 0 Å². The minimum atomic E-state index is 0.650. The number of rotatable bonds is 3. The van der Waals surface area contributed by atoms with Crippen LogP contribution in [0.15, 0.2) is 71.8 Å². The van der Waals surface area contributed by atoms with Crippen molar-refractivity contribution in [3.63, 3.8) is 0 Å². The molecule has 0 saturated carbocycles. The molecule has 0 saturated heterocycles. The van der Waals surface area contributed by atoms with Gasteiger partial charge in [-0.3, -0.25) is 4.99 Å². The van der Waals surface area contributed by atoms with Crippen molar-refractivity contribution >= 4 is 11.9 Å². The summed E-state index contributed by atoms with van der Waals surface area (Å²) in [6.07, 6.45) is 18.7. The number of aliphatic imine (C=N–C) groups is 1. The van der Waals surface area contributed by atoms with Crippen LogP contribution in [-0.2, 0) is 6.42 Å². The van der Waals surface area contributed by atoms with Gasteiger partial charge in [0, 0.05) is 30.6 Å². The molecule has 7 heteroatoms. The molecule has 0 spiro atoms. The lowest BCUT2D eigenvalue weighted by molar-refractivity contribution is 0.839. The maximum atomic E-state index is 4.67. The normalized spacial score (nSPS) is 20.2. The molecule has 0 N–H and O–H groups in total. The molecule has 0 bridgehead atoms. The lowest BCUT2D eigenvalue weighted by Gasteiger charge is -2.04. The minimum Gasteiger partial charge on any atom is -0.289 e. The summed E-state index contributed by atoms with van der Waals surface area (Å²) >= 11 is 0. The zero-order chi connectivity index (χ0) is 17.6. The summed E-state index contributed by atoms with van der Waals surface area (Å²) in [7, 11) is 0. The van der Waals surface area contributed by atoms with Crippen LogP contribution >= 0.6 is 0 Å². The molecule has 26 heavy (non-hydrogen) atoms. The van der Waals surface area contributed by atoms with E-state index in [1.54, 1.807) is 16.9 Å². The highest BCUT2D eigenvalue weighted by atomic mass is 15.4. The number of aromatic nitrogens is 6. The van der Waals surface area contributed by atoms with Crippen LogP contribution in [-0.4, -0.2) is 42.5 Å². The van der Waals surface area contributed by atoms with E-state index in [1.807, 2.05) is 30.5 Å². The molecule has 128 valence electrons. The number of hydrogen-bond donors (Lipinski definition) is 0. The molecule has 3 aromatic heterocycles. The van der Waals surface area contributed by atoms with Gasteiger partial charge in [-0.2, -0.15) is 9.61 Å². The van der Waals surface area contributed by atoms with Crippen LogP contribution in [0.3, 0.4) is 0 Å². The van der Waals surface area contributed by atoms with Crippen molar-refractivity contribution in [2.75, 3.05) is 6.54 Å². The zero-order valence-corrected chi connectivity index (χ0v) is 14.1. The maximum absolute atomic E-state index is 4.67. The molecule has 1 aliphatic rings. The van der Waals surface area contributed by atoms with Crippen LogP contribution in [0.4, 0.5) is 0 Å². The summed E-state index contributed by atoms with van der Waals surface area (Å²) < 4.78 is 1.78. The summed E-state index contributed by atoms with van der Waals surface area (Å²) in [5.74, 6) is 0.791. The van der Waals surface area contributed by atoms with Gasteiger partial charge in [-0.25, -0.2) is 9.97 Å². The first-order valence-corrected chi connectivity index (χ1v) is 8.37. The summed E-state index contributed by atoms with van der Waals surface area (Å²) in [6.45, 7) is 0.665. The SMILES string of the molecule is C1=C\C/C=C(Cc2nnc3ccc(-c4cncnc4)nn23)\C=C/C\N=C/1. The molecule has 0 atom stereocenters. The number of fused-ring (bicyclic) bond motifs is 1. The highest BCUT2D eigenvalue weighted by molar-refractivity contribution is 5.71. The Balaban J connectivity index is 1.66. The topological polar surface area (TPSA) is 81.2 Å². The average molecular weight is 343 g/mol. The maximum Gasteiger partial charge on any atom is 0.177 e. The largest absolute Gasteiger partial charge is 0.289 e. The van der Waals surface area contributed by atoms with Crippen LogP contribution in [0.25, 0.3) is 16.9 Å². The molecular weight excluding hydrogens is 326 g/mol. The van der Waals surface area contributed by atoms with E-state index in [0.29, 0.717) is 13.0 Å². The fourth-order valence-corrected chi connectivity index (χ4v) is 2.66. The van der Waals surface area contributed by atoms with E-state index < -0.39 is 0 Å². The van der Waals surface area contributed by atoms with Crippen LogP contribution in [0, 0.1) is 0 Å². The third kappa shape index (κ3) is 3.61. The smallest absolute Gasteiger partial charge is 0.177 e. The van der Waals surface area contributed by atoms with Crippen molar-refractivity contribution in [1.29, 1.82) is 0 Å². The van der Waals surface area contributed by atoms with Gasteiger partial charge >= 0.3 is 0 Å². The molecule has 4 rings (SSSR count). The second-order valence-electron chi connectivity index (χ2n) is 5.77. The fourth-order valence-electron chi connectivity index (χ4n) is 2.66. The lowest BCUT2D eigenvalue weighted by atomic mass is 10.1. The highest BCUT2D eigenvalue weighted by Crippen LogP contribution is 2.16. The van der Waals surface area contributed by atoms with Crippen LogP contribution in [0.5, 0.6) is 0 Å². The summed E-state index contributed by atoms with van der Waals surface area (Å²) in [4.78, 5) is 12.4. The second kappa shape index (κ2) is 7.60. The third-order valence-electron chi connectivity index (χ3n) is 3.93. The van der Waals surface area contributed by atoms with E-state index in [0.717, 1.165) is 34.7 Å². The van der Waals surface area contributed by atoms with Crippen molar-refractivity contribution in [2.45, 2.75) is 12.8 Å². The minimum absolute atomic E-state index is 0.650. The van der Waals surface area contributed by atoms with E-state index in [-0.39, 0.29) is 0 Å². The van der Waals surface area contributed by atoms with Gasteiger partial charge in [-0.05, 0) is 30.2 Å². The quantitative estimate of drug-likeness (QED) is 0.730. The predicted octanol–water partition coefficient (Wildman–Crippen LogP) is 2.64. The van der Waals surface area contributed by atoms with Crippen molar-refractivity contribution in [2.24, 2.45) is 4.99 Å². The molecule has 3 aromatic rings. The third-order valence-corrected chi connectivity index (χ3v) is 3.93. The van der Waals surface area contributed by atoms with Gasteiger partial charge in [0.2, 0.25) is 0 Å². The van der Waals surface area contributed by atoms with Gasteiger partial charge in [0.15, 0.2) is 11.5 Å². The van der Waals surface area contributed by atoms with Crippen molar-refractivity contribution < 1.29 is 0 Å². The predicted molar refractivity (Wildman–Crippen MR) is 99.9 cm³/mol. The number of nitrogens with zero attached hydrogens (tertiary/aromatic N) is 7. The van der Waals surface area contributed by atoms with Crippen LogP contribution < -0.4 is 0 Å². The Labute approximate surface area is 150 Å². The highest BCUT2D eigenvalue weighted by Gasteiger charge is 2.10. The van der Waals surface area contributed by atoms with Gasteiger partial charge in [-0.15, -0.1) is 10.2 Å². The molecule has 0 aromatic carbocycles. The summed E-state index contributed by atoms with van der Waals surface area (Å²) in [6, 6.07) is 3.80. The Morgan fingerprint density at radius 1 is 1.04 bits per heavy atom. The molecular formula is C19H17N7. The van der Waals surface area contributed by atoms with Crippen molar-refractivity contribution in [3.05, 3.63) is 72.6 Å². The van der Waals surface area contributed by atoms with E-state index in [2.05, 4.69) is 48.5 Å². The zero-order valence-electron chi connectivity index (χ0n) is 14.1. The standard InChI is InChI=1S/C19H17N7/c1-2-5-15(6-4-10-20-9-3-1)11-19-24-23-18-8-7-17(25-26(18)19)16-12-21-14-22-13-16/h1,3-9,12-14H,2,10-11H2/b3-1-,6-4-,15-5+,20-9-. The molecule has 0 aliphatic carbocycles. The first-order chi connectivity index (χ1) is 12.9. The first kappa shape index (κ1) is 16.0. The van der Waals surface area contributed by atoms with Crippen LogP contribution in [0.1, 0.15) is 12.2 Å². The molecule has 0 amide bonds. The Bertz CT molecular complexity index is 1010. The first-order valence-electron chi connectivity index (χ1n) is 8.37. The van der Waals surface area contributed by atoms with Crippen molar-refractivity contribution in [1.82, 2.24) is 29.8 Å². The fraction of sp³-hybridized carbons (Fsp3) is 0.158. The molecule has 1 aliphatic heterocycles.